The first-order chi connectivity index (χ1) is 12.5. The van der Waals surface area contributed by atoms with Gasteiger partial charge in [-0.1, -0.05) is 24.3 Å². The van der Waals surface area contributed by atoms with Crippen LogP contribution >= 0.6 is 0 Å². The summed E-state index contributed by atoms with van der Waals surface area (Å²) in [6, 6.07) is 14.0. The zero-order valence-electron chi connectivity index (χ0n) is 13.5. The van der Waals surface area contributed by atoms with E-state index in [0.29, 0.717) is 11.4 Å². The maximum absolute atomic E-state index is 11.7. The number of hydrogen-bond acceptors (Lipinski definition) is 4. The van der Waals surface area contributed by atoms with Gasteiger partial charge in [0.1, 0.15) is 0 Å². The lowest BCUT2D eigenvalue weighted by Gasteiger charge is -2.15. The minimum Gasteiger partial charge on any atom is -0.269 e. The summed E-state index contributed by atoms with van der Waals surface area (Å²) in [5.41, 5.74) is 2.77. The number of anilines is 2. The third-order valence-electron chi connectivity index (χ3n) is 4.20. The molecule has 0 aliphatic carbocycles. The number of imide groups is 2. The smallest absolute Gasteiger partial charge is 0.258 e. The number of carbonyl (C=O) groups is 4. The first kappa shape index (κ1) is 15.7. The van der Waals surface area contributed by atoms with Crippen molar-refractivity contribution in [1.29, 1.82) is 0 Å². The van der Waals surface area contributed by atoms with Crippen LogP contribution in [0.4, 0.5) is 11.4 Å². The molecule has 26 heavy (non-hydrogen) atoms. The second-order valence-electron chi connectivity index (χ2n) is 5.78. The number of benzene rings is 2. The molecule has 0 radical (unpaired) electrons. The second kappa shape index (κ2) is 5.93. The Kier molecular flexibility index (Phi) is 3.58. The van der Waals surface area contributed by atoms with Crippen LogP contribution in [0.2, 0.25) is 0 Å². The minimum absolute atomic E-state index is 0.361. The molecule has 0 aromatic heterocycles. The predicted octanol–water partition coefficient (Wildman–Crippen LogP) is 2.21. The SMILES string of the molecule is O=C1C=CC(=O)N1c1ccc(-c2ccc(N3C(=O)C=CC3=O)cc2)cc1. The highest BCUT2D eigenvalue weighted by atomic mass is 16.2. The lowest BCUT2D eigenvalue weighted by atomic mass is 10.0. The fourth-order valence-corrected chi connectivity index (χ4v) is 2.92. The van der Waals surface area contributed by atoms with E-state index in [1.165, 1.54) is 24.3 Å². The summed E-state index contributed by atoms with van der Waals surface area (Å²) in [6.07, 6.45) is 4.96. The quantitative estimate of drug-likeness (QED) is 0.800. The molecule has 2 heterocycles. The van der Waals surface area contributed by atoms with Gasteiger partial charge >= 0.3 is 0 Å². The van der Waals surface area contributed by atoms with Crippen molar-refractivity contribution < 1.29 is 19.2 Å². The topological polar surface area (TPSA) is 74.8 Å². The standard InChI is InChI=1S/C20H12N2O4/c23-17-9-10-18(24)21(17)15-5-1-13(2-6-15)14-3-7-16(8-4-14)22-19(25)11-12-20(22)26/h1-12H. The molecule has 0 atom stereocenters. The Morgan fingerprint density at radius 2 is 0.692 bits per heavy atom. The van der Waals surface area contributed by atoms with E-state index in [1.807, 2.05) is 0 Å². The van der Waals surface area contributed by atoms with Gasteiger partial charge in [-0.15, -0.1) is 0 Å². The molecule has 0 saturated carbocycles. The number of hydrogen-bond donors (Lipinski definition) is 0. The van der Waals surface area contributed by atoms with E-state index >= 15 is 0 Å². The van der Waals surface area contributed by atoms with E-state index in [-0.39, 0.29) is 23.6 Å². The van der Waals surface area contributed by atoms with Crippen LogP contribution in [0.1, 0.15) is 0 Å². The normalized spacial score (nSPS) is 16.3. The zero-order chi connectivity index (χ0) is 18.3. The molecule has 2 aromatic carbocycles. The lowest BCUT2D eigenvalue weighted by molar-refractivity contribution is -0.121. The Balaban J connectivity index is 1.57. The van der Waals surface area contributed by atoms with Gasteiger partial charge in [0, 0.05) is 24.3 Å². The van der Waals surface area contributed by atoms with Gasteiger partial charge in [0.15, 0.2) is 0 Å². The summed E-state index contributed by atoms with van der Waals surface area (Å²) >= 11 is 0. The van der Waals surface area contributed by atoms with Crippen LogP contribution in [0, 0.1) is 0 Å². The molecule has 2 aliphatic rings. The van der Waals surface area contributed by atoms with Crippen molar-refractivity contribution in [2.75, 3.05) is 9.80 Å². The van der Waals surface area contributed by atoms with Crippen molar-refractivity contribution in [3.63, 3.8) is 0 Å². The molecule has 0 unspecified atom stereocenters. The molecule has 0 fully saturated rings. The van der Waals surface area contributed by atoms with Crippen LogP contribution in [0.3, 0.4) is 0 Å². The number of carbonyl (C=O) groups excluding carboxylic acids is 4. The molecule has 0 N–H and O–H groups in total. The Morgan fingerprint density at radius 1 is 0.423 bits per heavy atom. The van der Waals surface area contributed by atoms with E-state index in [1.54, 1.807) is 48.5 Å². The first-order valence-electron chi connectivity index (χ1n) is 7.87. The highest BCUT2D eigenvalue weighted by Crippen LogP contribution is 2.27. The Morgan fingerprint density at radius 3 is 0.962 bits per heavy atom. The van der Waals surface area contributed by atoms with Crippen molar-refractivity contribution in [1.82, 2.24) is 0 Å². The lowest BCUT2D eigenvalue weighted by Crippen LogP contribution is -2.29. The molecule has 0 spiro atoms. The average molecular weight is 344 g/mol. The Bertz CT molecular complexity index is 882. The van der Waals surface area contributed by atoms with Gasteiger partial charge in [-0.25, -0.2) is 9.80 Å². The zero-order valence-corrected chi connectivity index (χ0v) is 13.5. The van der Waals surface area contributed by atoms with Crippen LogP contribution < -0.4 is 9.80 Å². The van der Waals surface area contributed by atoms with Crippen molar-refractivity contribution in [2.24, 2.45) is 0 Å². The maximum atomic E-state index is 11.7. The molecule has 4 amide bonds. The van der Waals surface area contributed by atoms with Crippen LogP contribution in [-0.4, -0.2) is 23.6 Å². The number of amides is 4. The van der Waals surface area contributed by atoms with Gasteiger partial charge in [0.25, 0.3) is 23.6 Å². The van der Waals surface area contributed by atoms with Gasteiger partial charge in [0.2, 0.25) is 0 Å². The molecule has 126 valence electrons. The first-order valence-corrected chi connectivity index (χ1v) is 7.87. The largest absolute Gasteiger partial charge is 0.269 e. The molecule has 6 heteroatoms. The molecule has 4 rings (SSSR count). The average Bonchev–Trinajstić information content (AvgIpc) is 3.16. The molecule has 2 aliphatic heterocycles. The number of rotatable bonds is 3. The third kappa shape index (κ3) is 2.53. The van der Waals surface area contributed by atoms with Gasteiger partial charge in [-0.05, 0) is 35.4 Å². The van der Waals surface area contributed by atoms with Crippen LogP contribution in [-0.2, 0) is 19.2 Å². The highest BCUT2D eigenvalue weighted by Gasteiger charge is 2.26. The van der Waals surface area contributed by atoms with Gasteiger partial charge in [-0.2, -0.15) is 0 Å². The summed E-state index contributed by atoms with van der Waals surface area (Å²) < 4.78 is 0. The van der Waals surface area contributed by atoms with E-state index in [4.69, 9.17) is 0 Å². The predicted molar refractivity (Wildman–Crippen MR) is 95.1 cm³/mol. The molecular formula is C20H12N2O4. The maximum Gasteiger partial charge on any atom is 0.258 e. The fourth-order valence-electron chi connectivity index (χ4n) is 2.92. The fraction of sp³-hybridized carbons (Fsp3) is 0. The van der Waals surface area contributed by atoms with Crippen LogP contribution in [0.25, 0.3) is 11.1 Å². The summed E-state index contributed by atoms with van der Waals surface area (Å²) in [6.45, 7) is 0. The summed E-state index contributed by atoms with van der Waals surface area (Å²) in [5.74, 6) is -1.44. The number of nitrogens with zero attached hydrogens (tertiary/aromatic N) is 2. The van der Waals surface area contributed by atoms with Crippen molar-refractivity contribution in [3.8, 4) is 11.1 Å². The van der Waals surface area contributed by atoms with E-state index in [2.05, 4.69) is 0 Å². The molecular weight excluding hydrogens is 332 g/mol. The van der Waals surface area contributed by atoms with Crippen LogP contribution in [0.5, 0.6) is 0 Å². The summed E-state index contributed by atoms with van der Waals surface area (Å²) in [5, 5.41) is 0. The summed E-state index contributed by atoms with van der Waals surface area (Å²) in [7, 11) is 0. The third-order valence-corrected chi connectivity index (χ3v) is 4.20. The highest BCUT2D eigenvalue weighted by molar-refractivity contribution is 6.28. The van der Waals surface area contributed by atoms with Gasteiger partial charge in [0.05, 0.1) is 11.4 Å². The molecule has 2 aromatic rings. The Hall–Kier alpha value is -3.80. The van der Waals surface area contributed by atoms with Crippen molar-refractivity contribution in [3.05, 3.63) is 72.8 Å². The second-order valence-corrected chi connectivity index (χ2v) is 5.78. The van der Waals surface area contributed by atoms with Gasteiger partial charge in [-0.3, -0.25) is 19.2 Å². The minimum atomic E-state index is -0.361. The van der Waals surface area contributed by atoms with E-state index < -0.39 is 0 Å². The Labute approximate surface area is 148 Å². The van der Waals surface area contributed by atoms with Crippen molar-refractivity contribution in [2.45, 2.75) is 0 Å². The molecule has 6 nitrogen and oxygen atoms in total. The molecule has 0 bridgehead atoms. The van der Waals surface area contributed by atoms with Crippen LogP contribution in [0.15, 0.2) is 72.8 Å². The van der Waals surface area contributed by atoms with Gasteiger partial charge < -0.3 is 0 Å². The van der Waals surface area contributed by atoms with E-state index in [9.17, 15) is 19.2 Å². The monoisotopic (exact) mass is 344 g/mol. The van der Waals surface area contributed by atoms with E-state index in [0.717, 1.165) is 20.9 Å². The molecule has 0 saturated heterocycles. The van der Waals surface area contributed by atoms with Crippen molar-refractivity contribution >= 4 is 35.0 Å². The summed E-state index contributed by atoms with van der Waals surface area (Å²) in [4.78, 5) is 49.0.